The SMILES string of the molecule is O=C(C1CCCC1)N1CC2(CCN(Cc3ccccc3)CC2)c2cc(F)ccc21. The zero-order chi connectivity index (χ0) is 19.8. The van der Waals surface area contributed by atoms with Gasteiger partial charge in [-0.3, -0.25) is 9.69 Å². The Morgan fingerprint density at radius 1 is 1.03 bits per heavy atom. The van der Waals surface area contributed by atoms with Crippen LogP contribution in [0.4, 0.5) is 10.1 Å². The van der Waals surface area contributed by atoms with E-state index in [-0.39, 0.29) is 23.1 Å². The summed E-state index contributed by atoms with van der Waals surface area (Å²) in [5.41, 5.74) is 3.25. The van der Waals surface area contributed by atoms with E-state index in [1.54, 1.807) is 6.07 Å². The molecule has 2 aromatic rings. The molecule has 3 nitrogen and oxygen atoms in total. The lowest BCUT2D eigenvalue weighted by molar-refractivity contribution is -0.122. The van der Waals surface area contributed by atoms with Crippen molar-refractivity contribution in [2.75, 3.05) is 24.5 Å². The molecule has 0 bridgehead atoms. The van der Waals surface area contributed by atoms with Gasteiger partial charge in [0.25, 0.3) is 0 Å². The third-order valence-corrected chi connectivity index (χ3v) is 7.31. The van der Waals surface area contributed by atoms with Crippen LogP contribution in [0.25, 0.3) is 0 Å². The lowest BCUT2D eigenvalue weighted by Crippen LogP contribution is -2.46. The van der Waals surface area contributed by atoms with Gasteiger partial charge in [0.15, 0.2) is 0 Å². The number of anilines is 1. The Kier molecular flexibility index (Phi) is 4.91. The van der Waals surface area contributed by atoms with E-state index in [1.807, 2.05) is 11.0 Å². The molecule has 2 fully saturated rings. The maximum absolute atomic E-state index is 14.2. The fourth-order valence-electron chi connectivity index (χ4n) is 5.64. The van der Waals surface area contributed by atoms with Gasteiger partial charge in [-0.25, -0.2) is 4.39 Å². The highest BCUT2D eigenvalue weighted by atomic mass is 19.1. The van der Waals surface area contributed by atoms with Gasteiger partial charge in [-0.1, -0.05) is 43.2 Å². The van der Waals surface area contributed by atoms with Gasteiger partial charge in [-0.05, 0) is 68.1 Å². The van der Waals surface area contributed by atoms with Gasteiger partial charge in [0, 0.05) is 30.1 Å². The summed E-state index contributed by atoms with van der Waals surface area (Å²) in [6, 6.07) is 15.6. The molecule has 0 N–H and O–H groups in total. The molecule has 0 unspecified atom stereocenters. The molecule has 29 heavy (non-hydrogen) atoms. The molecule has 0 atom stereocenters. The maximum Gasteiger partial charge on any atom is 0.230 e. The first kappa shape index (κ1) is 18.8. The van der Waals surface area contributed by atoms with Crippen LogP contribution >= 0.6 is 0 Å². The van der Waals surface area contributed by atoms with Crippen LogP contribution in [0.3, 0.4) is 0 Å². The van der Waals surface area contributed by atoms with Gasteiger partial charge < -0.3 is 4.90 Å². The molecule has 1 aliphatic carbocycles. The topological polar surface area (TPSA) is 23.6 Å². The van der Waals surface area contributed by atoms with Crippen LogP contribution in [-0.4, -0.2) is 30.4 Å². The molecule has 1 spiro atoms. The van der Waals surface area contributed by atoms with E-state index < -0.39 is 0 Å². The first-order valence-corrected chi connectivity index (χ1v) is 11.0. The van der Waals surface area contributed by atoms with Crippen molar-refractivity contribution in [2.45, 2.75) is 50.5 Å². The van der Waals surface area contributed by atoms with Crippen molar-refractivity contribution in [1.29, 1.82) is 0 Å². The summed E-state index contributed by atoms with van der Waals surface area (Å²) in [6.07, 6.45) is 6.27. The van der Waals surface area contributed by atoms with Gasteiger partial charge in [-0.15, -0.1) is 0 Å². The average molecular weight is 393 g/mol. The molecule has 1 saturated heterocycles. The minimum Gasteiger partial charge on any atom is -0.311 e. The highest BCUT2D eigenvalue weighted by Gasteiger charge is 2.47. The lowest BCUT2D eigenvalue weighted by Gasteiger charge is -2.40. The summed E-state index contributed by atoms with van der Waals surface area (Å²) in [5.74, 6) is 0.227. The minimum atomic E-state index is -0.190. The van der Waals surface area contributed by atoms with E-state index in [0.29, 0.717) is 0 Å². The zero-order valence-corrected chi connectivity index (χ0v) is 16.9. The summed E-state index contributed by atoms with van der Waals surface area (Å²) in [4.78, 5) is 17.7. The maximum atomic E-state index is 14.2. The van der Waals surface area contributed by atoms with Crippen LogP contribution in [0.15, 0.2) is 48.5 Å². The highest BCUT2D eigenvalue weighted by Crippen LogP contribution is 2.48. The molecule has 152 valence electrons. The predicted molar refractivity (Wildman–Crippen MR) is 113 cm³/mol. The standard InChI is InChI=1S/C25H29FN2O/c26-21-10-11-23-22(16-21)25(18-28(23)24(29)20-8-4-5-9-20)12-14-27(15-13-25)17-19-6-2-1-3-7-19/h1-3,6-7,10-11,16,20H,4-5,8-9,12-15,17-18H2. The van der Waals surface area contributed by atoms with E-state index >= 15 is 0 Å². The number of hydrogen-bond donors (Lipinski definition) is 0. The van der Waals surface area contributed by atoms with Crippen molar-refractivity contribution in [3.8, 4) is 0 Å². The molecule has 2 aromatic carbocycles. The molecule has 0 radical (unpaired) electrons. The fraction of sp³-hybridized carbons (Fsp3) is 0.480. The molecule has 4 heteroatoms. The van der Waals surface area contributed by atoms with E-state index in [1.165, 1.54) is 11.6 Å². The second-order valence-electron chi connectivity index (χ2n) is 9.11. The second kappa shape index (κ2) is 7.56. The number of nitrogens with zero attached hydrogens (tertiary/aromatic N) is 2. The third-order valence-electron chi connectivity index (χ3n) is 7.31. The number of halogens is 1. The monoisotopic (exact) mass is 392 g/mol. The highest BCUT2D eigenvalue weighted by molar-refractivity contribution is 5.98. The summed E-state index contributed by atoms with van der Waals surface area (Å²) < 4.78 is 14.2. The van der Waals surface area contributed by atoms with Crippen molar-refractivity contribution >= 4 is 11.6 Å². The van der Waals surface area contributed by atoms with E-state index in [9.17, 15) is 9.18 Å². The second-order valence-corrected chi connectivity index (χ2v) is 9.11. The molecule has 2 heterocycles. The number of piperidine rings is 1. The predicted octanol–water partition coefficient (Wildman–Crippen LogP) is 4.90. The Morgan fingerprint density at radius 3 is 2.48 bits per heavy atom. The molecule has 1 amide bonds. The van der Waals surface area contributed by atoms with Crippen LogP contribution < -0.4 is 4.90 Å². The number of rotatable bonds is 3. The Hall–Kier alpha value is -2.20. The van der Waals surface area contributed by atoms with E-state index in [0.717, 1.165) is 76.0 Å². The Balaban J connectivity index is 1.36. The number of fused-ring (bicyclic) bond motifs is 2. The van der Waals surface area contributed by atoms with Crippen LogP contribution in [0, 0.1) is 11.7 Å². The first-order valence-electron chi connectivity index (χ1n) is 11.0. The Bertz CT molecular complexity index is 883. The number of amides is 1. The largest absolute Gasteiger partial charge is 0.311 e. The summed E-state index contributed by atoms with van der Waals surface area (Å²) in [7, 11) is 0. The smallest absolute Gasteiger partial charge is 0.230 e. The number of likely N-dealkylation sites (tertiary alicyclic amines) is 1. The van der Waals surface area contributed by atoms with Gasteiger partial charge in [0.1, 0.15) is 5.82 Å². The van der Waals surface area contributed by atoms with Gasteiger partial charge in [0.2, 0.25) is 5.91 Å². The molecule has 5 rings (SSSR count). The number of carbonyl (C=O) groups is 1. The fourth-order valence-corrected chi connectivity index (χ4v) is 5.64. The zero-order valence-electron chi connectivity index (χ0n) is 16.9. The van der Waals surface area contributed by atoms with Crippen LogP contribution in [0.1, 0.15) is 49.7 Å². The Labute approximate surface area is 172 Å². The summed E-state index contributed by atoms with van der Waals surface area (Å²) >= 11 is 0. The van der Waals surface area contributed by atoms with Crippen LogP contribution in [0.5, 0.6) is 0 Å². The Morgan fingerprint density at radius 2 is 1.76 bits per heavy atom. The van der Waals surface area contributed by atoms with Crippen LogP contribution in [0.2, 0.25) is 0 Å². The molecule has 2 aliphatic heterocycles. The van der Waals surface area contributed by atoms with E-state index in [4.69, 9.17) is 0 Å². The lowest BCUT2D eigenvalue weighted by atomic mass is 9.74. The van der Waals surface area contributed by atoms with Crippen molar-refractivity contribution < 1.29 is 9.18 Å². The quantitative estimate of drug-likeness (QED) is 0.742. The summed E-state index contributed by atoms with van der Waals surface area (Å²) in [6.45, 7) is 3.64. The average Bonchev–Trinajstić information content (AvgIpc) is 3.38. The molecule has 0 aromatic heterocycles. The van der Waals surface area contributed by atoms with Crippen LogP contribution in [-0.2, 0) is 16.8 Å². The molecular formula is C25H29FN2O. The van der Waals surface area contributed by atoms with E-state index in [2.05, 4.69) is 35.2 Å². The van der Waals surface area contributed by atoms with Gasteiger partial charge >= 0.3 is 0 Å². The molecular weight excluding hydrogens is 363 g/mol. The molecule has 1 saturated carbocycles. The third kappa shape index (κ3) is 3.48. The number of hydrogen-bond acceptors (Lipinski definition) is 2. The normalized spacial score (nSPS) is 21.6. The number of benzene rings is 2. The van der Waals surface area contributed by atoms with Gasteiger partial charge in [-0.2, -0.15) is 0 Å². The first-order chi connectivity index (χ1) is 14.1. The molecule has 3 aliphatic rings. The van der Waals surface area contributed by atoms with Crippen molar-refractivity contribution in [1.82, 2.24) is 4.90 Å². The van der Waals surface area contributed by atoms with Crippen molar-refractivity contribution in [3.63, 3.8) is 0 Å². The summed E-state index contributed by atoms with van der Waals surface area (Å²) in [5, 5.41) is 0. The van der Waals surface area contributed by atoms with Gasteiger partial charge in [0.05, 0.1) is 0 Å². The minimum absolute atomic E-state index is 0.0983. The van der Waals surface area contributed by atoms with Crippen molar-refractivity contribution in [2.24, 2.45) is 5.92 Å². The number of carbonyl (C=O) groups excluding carboxylic acids is 1. The van der Waals surface area contributed by atoms with Crippen molar-refractivity contribution in [3.05, 3.63) is 65.5 Å².